The van der Waals surface area contributed by atoms with Crippen molar-refractivity contribution in [3.63, 3.8) is 0 Å². The molecule has 0 aromatic heterocycles. The molecule has 0 bridgehead atoms. The lowest BCUT2D eigenvalue weighted by atomic mass is 10.1. The van der Waals surface area contributed by atoms with Crippen molar-refractivity contribution in [3.8, 4) is 5.75 Å². The molecular weight excluding hydrogens is 376 g/mol. The first kappa shape index (κ1) is 20.6. The van der Waals surface area contributed by atoms with E-state index >= 15 is 0 Å². The van der Waals surface area contributed by atoms with Crippen LogP contribution in [0.25, 0.3) is 0 Å². The van der Waals surface area contributed by atoms with E-state index in [-0.39, 0.29) is 17.9 Å². The second kappa shape index (κ2) is 7.89. The molecule has 146 valence electrons. The SMILES string of the molecule is CN(Cc1ccc(C(F)(F)F)cc1)C(=O)c1ccc(OCC(F)(F)F)cc1. The molecule has 1 amide bonds. The number of ether oxygens (including phenoxy) is 1. The lowest BCUT2D eigenvalue weighted by molar-refractivity contribution is -0.153. The van der Waals surface area contributed by atoms with Crippen molar-refractivity contribution >= 4 is 5.91 Å². The van der Waals surface area contributed by atoms with Gasteiger partial charge in [-0.3, -0.25) is 4.79 Å². The fraction of sp³-hybridized carbons (Fsp3) is 0.278. The number of rotatable bonds is 5. The summed E-state index contributed by atoms with van der Waals surface area (Å²) in [4.78, 5) is 13.6. The van der Waals surface area contributed by atoms with Crippen LogP contribution in [0.4, 0.5) is 26.3 Å². The largest absolute Gasteiger partial charge is 0.484 e. The summed E-state index contributed by atoms with van der Waals surface area (Å²) in [7, 11) is 1.47. The molecule has 2 aromatic rings. The number of alkyl halides is 6. The highest BCUT2D eigenvalue weighted by molar-refractivity contribution is 5.94. The van der Waals surface area contributed by atoms with Crippen molar-refractivity contribution in [2.75, 3.05) is 13.7 Å². The predicted octanol–water partition coefficient (Wildman–Crippen LogP) is 4.92. The Morgan fingerprint density at radius 3 is 1.96 bits per heavy atom. The number of carbonyl (C=O) groups excluding carboxylic acids is 1. The standard InChI is InChI=1S/C18H15F6NO2/c1-25(10-12-2-6-14(7-3-12)18(22,23)24)16(26)13-4-8-15(9-5-13)27-11-17(19,20)21/h2-9H,10-11H2,1H3. The number of hydrogen-bond donors (Lipinski definition) is 0. The minimum Gasteiger partial charge on any atom is -0.484 e. The maximum atomic E-state index is 12.5. The molecule has 0 fully saturated rings. The molecule has 0 radical (unpaired) electrons. The predicted molar refractivity (Wildman–Crippen MR) is 85.2 cm³/mol. The summed E-state index contributed by atoms with van der Waals surface area (Å²) in [6.07, 6.45) is -8.90. The van der Waals surface area contributed by atoms with E-state index in [1.807, 2.05) is 0 Å². The number of nitrogens with zero attached hydrogens (tertiary/aromatic N) is 1. The highest BCUT2D eigenvalue weighted by Crippen LogP contribution is 2.29. The molecule has 0 aliphatic carbocycles. The Bertz CT molecular complexity index is 766. The van der Waals surface area contributed by atoms with E-state index in [1.165, 1.54) is 48.3 Å². The normalized spacial score (nSPS) is 12.0. The van der Waals surface area contributed by atoms with Gasteiger partial charge in [-0.25, -0.2) is 0 Å². The zero-order valence-corrected chi connectivity index (χ0v) is 14.1. The summed E-state index contributed by atoms with van der Waals surface area (Å²) in [5.74, 6) is -0.466. The van der Waals surface area contributed by atoms with E-state index in [4.69, 9.17) is 0 Å². The van der Waals surface area contributed by atoms with Gasteiger partial charge in [-0.1, -0.05) is 12.1 Å². The van der Waals surface area contributed by atoms with E-state index in [0.29, 0.717) is 5.56 Å². The lowest BCUT2D eigenvalue weighted by Crippen LogP contribution is -2.26. The molecule has 0 N–H and O–H groups in total. The second-order valence-electron chi connectivity index (χ2n) is 5.78. The third-order valence-corrected chi connectivity index (χ3v) is 3.55. The van der Waals surface area contributed by atoms with Crippen LogP contribution in [0.3, 0.4) is 0 Å². The van der Waals surface area contributed by atoms with E-state index < -0.39 is 30.4 Å². The molecule has 3 nitrogen and oxygen atoms in total. The fourth-order valence-corrected chi connectivity index (χ4v) is 2.22. The molecule has 0 atom stereocenters. The molecule has 9 heteroatoms. The van der Waals surface area contributed by atoms with Crippen LogP contribution in [0, 0.1) is 0 Å². The van der Waals surface area contributed by atoms with Crippen molar-refractivity contribution in [2.24, 2.45) is 0 Å². The number of carbonyl (C=O) groups is 1. The number of benzene rings is 2. The summed E-state index contributed by atoms with van der Waals surface area (Å²) in [6, 6.07) is 9.53. The van der Waals surface area contributed by atoms with Crippen molar-refractivity contribution in [1.82, 2.24) is 4.90 Å². The zero-order chi connectivity index (χ0) is 20.2. The van der Waals surface area contributed by atoms with Crippen LogP contribution in [0.2, 0.25) is 0 Å². The topological polar surface area (TPSA) is 29.5 Å². The van der Waals surface area contributed by atoms with E-state index in [1.54, 1.807) is 0 Å². The summed E-state index contributed by atoms with van der Waals surface area (Å²) >= 11 is 0. The van der Waals surface area contributed by atoms with Gasteiger partial charge in [-0.15, -0.1) is 0 Å². The molecule has 2 rings (SSSR count). The Kier molecular flexibility index (Phi) is 6.02. The second-order valence-corrected chi connectivity index (χ2v) is 5.78. The molecule has 0 heterocycles. The molecule has 0 unspecified atom stereocenters. The third-order valence-electron chi connectivity index (χ3n) is 3.55. The maximum Gasteiger partial charge on any atom is 0.422 e. The van der Waals surface area contributed by atoms with Gasteiger partial charge in [0.25, 0.3) is 5.91 Å². The van der Waals surface area contributed by atoms with Crippen molar-refractivity contribution in [2.45, 2.75) is 18.9 Å². The van der Waals surface area contributed by atoms with Gasteiger partial charge in [0.15, 0.2) is 6.61 Å². The first-order chi connectivity index (χ1) is 12.5. The molecule has 0 saturated carbocycles. The molecule has 0 aliphatic rings. The van der Waals surface area contributed by atoms with Gasteiger partial charge in [0, 0.05) is 19.2 Å². The maximum absolute atomic E-state index is 12.5. The Balaban J connectivity index is 1.98. The van der Waals surface area contributed by atoms with Gasteiger partial charge in [0.1, 0.15) is 5.75 Å². The quantitative estimate of drug-likeness (QED) is 0.678. The van der Waals surface area contributed by atoms with Crippen LogP contribution < -0.4 is 4.74 Å². The van der Waals surface area contributed by atoms with Crippen molar-refractivity contribution in [1.29, 1.82) is 0 Å². The first-order valence-corrected chi connectivity index (χ1v) is 7.67. The van der Waals surface area contributed by atoms with Crippen LogP contribution >= 0.6 is 0 Å². The summed E-state index contributed by atoms with van der Waals surface area (Å²) < 4.78 is 78.5. The third kappa shape index (κ3) is 6.19. The average molecular weight is 391 g/mol. The Morgan fingerprint density at radius 2 is 1.48 bits per heavy atom. The van der Waals surface area contributed by atoms with Crippen molar-refractivity contribution < 1.29 is 35.9 Å². The lowest BCUT2D eigenvalue weighted by Gasteiger charge is -2.18. The number of halogens is 6. The van der Waals surface area contributed by atoms with Crippen molar-refractivity contribution in [3.05, 3.63) is 65.2 Å². The number of amides is 1. The summed E-state index contributed by atoms with van der Waals surface area (Å²) in [5, 5.41) is 0. The number of hydrogen-bond acceptors (Lipinski definition) is 2. The van der Waals surface area contributed by atoms with Crippen LogP contribution in [-0.2, 0) is 12.7 Å². The van der Waals surface area contributed by atoms with Gasteiger partial charge < -0.3 is 9.64 Å². The van der Waals surface area contributed by atoms with Gasteiger partial charge in [-0.05, 0) is 42.0 Å². The van der Waals surface area contributed by atoms with E-state index in [0.717, 1.165) is 12.1 Å². The highest BCUT2D eigenvalue weighted by atomic mass is 19.4. The molecule has 0 aliphatic heterocycles. The van der Waals surface area contributed by atoms with Crippen LogP contribution in [0.5, 0.6) is 5.75 Å². The van der Waals surface area contributed by atoms with Gasteiger partial charge >= 0.3 is 12.4 Å². The molecule has 0 spiro atoms. The van der Waals surface area contributed by atoms with Crippen LogP contribution in [0.15, 0.2) is 48.5 Å². The smallest absolute Gasteiger partial charge is 0.422 e. The summed E-state index contributed by atoms with van der Waals surface area (Å²) in [6.45, 7) is -1.36. The molecule has 0 saturated heterocycles. The molecular formula is C18H15F6NO2. The summed E-state index contributed by atoms with van der Waals surface area (Å²) in [5.41, 5.74) is -0.0672. The minimum atomic E-state index is -4.46. The Hall–Kier alpha value is -2.71. The van der Waals surface area contributed by atoms with Crippen LogP contribution in [0.1, 0.15) is 21.5 Å². The van der Waals surface area contributed by atoms with Gasteiger partial charge in [-0.2, -0.15) is 26.3 Å². The monoisotopic (exact) mass is 391 g/mol. The average Bonchev–Trinajstić information content (AvgIpc) is 2.59. The molecule has 27 heavy (non-hydrogen) atoms. The highest BCUT2D eigenvalue weighted by Gasteiger charge is 2.30. The van der Waals surface area contributed by atoms with Gasteiger partial charge in [0.2, 0.25) is 0 Å². The van der Waals surface area contributed by atoms with E-state index in [9.17, 15) is 31.1 Å². The minimum absolute atomic E-state index is 0.0331. The zero-order valence-electron chi connectivity index (χ0n) is 14.1. The fourth-order valence-electron chi connectivity index (χ4n) is 2.22. The Labute approximate surface area is 151 Å². The van der Waals surface area contributed by atoms with Gasteiger partial charge in [0.05, 0.1) is 5.56 Å². The molecule has 2 aromatic carbocycles. The van der Waals surface area contributed by atoms with E-state index in [2.05, 4.69) is 4.74 Å². The Morgan fingerprint density at radius 1 is 0.926 bits per heavy atom. The first-order valence-electron chi connectivity index (χ1n) is 7.67. The van der Waals surface area contributed by atoms with Crippen LogP contribution in [-0.4, -0.2) is 30.6 Å².